The van der Waals surface area contributed by atoms with Crippen molar-refractivity contribution in [2.45, 2.75) is 49.1 Å². The summed E-state index contributed by atoms with van der Waals surface area (Å²) in [5, 5.41) is 9.02. The number of sulfonamides is 1. The molecule has 1 aliphatic rings. The van der Waals surface area contributed by atoms with Crippen LogP contribution in [-0.4, -0.2) is 20.5 Å². The van der Waals surface area contributed by atoms with Gasteiger partial charge in [-0.15, -0.1) is 0 Å². The number of hydrogen-bond donors (Lipinski definition) is 2. The fourth-order valence-corrected chi connectivity index (χ4v) is 4.02. The maximum atomic E-state index is 12.4. The molecule has 1 fully saturated rings. The van der Waals surface area contributed by atoms with Crippen molar-refractivity contribution in [3.8, 4) is 6.07 Å². The molecule has 0 radical (unpaired) electrons. The third kappa shape index (κ3) is 3.37. The number of hydrogen-bond acceptors (Lipinski definition) is 4. The number of nitriles is 1. The molecule has 2 atom stereocenters. The van der Waals surface area contributed by atoms with Crippen molar-refractivity contribution in [2.24, 2.45) is 5.73 Å². The molecule has 5 nitrogen and oxygen atoms in total. The molecule has 0 saturated heterocycles. The van der Waals surface area contributed by atoms with E-state index < -0.39 is 10.0 Å². The third-order valence-corrected chi connectivity index (χ3v) is 5.22. The van der Waals surface area contributed by atoms with Gasteiger partial charge in [-0.2, -0.15) is 5.26 Å². The molecule has 108 valence electrons. The Labute approximate surface area is 119 Å². The van der Waals surface area contributed by atoms with Gasteiger partial charge in [-0.05, 0) is 25.0 Å². The number of rotatable bonds is 3. The topological polar surface area (TPSA) is 96.0 Å². The normalized spacial score (nSPS) is 23.8. The molecule has 0 amide bonds. The number of nitrogens with one attached hydrogen (secondary N) is 1. The molecule has 3 N–H and O–H groups in total. The third-order valence-electron chi connectivity index (χ3n) is 3.67. The van der Waals surface area contributed by atoms with E-state index in [2.05, 4.69) is 4.72 Å². The Morgan fingerprint density at radius 2 is 1.90 bits per heavy atom. The van der Waals surface area contributed by atoms with Crippen molar-refractivity contribution in [3.05, 3.63) is 29.8 Å². The Balaban J connectivity index is 2.24. The van der Waals surface area contributed by atoms with Crippen molar-refractivity contribution in [1.82, 2.24) is 4.72 Å². The lowest BCUT2D eigenvalue weighted by Gasteiger charge is -2.22. The Morgan fingerprint density at radius 1 is 1.20 bits per heavy atom. The average Bonchev–Trinajstić information content (AvgIpc) is 2.64. The molecular formula is C14H19N3O2S. The van der Waals surface area contributed by atoms with Gasteiger partial charge in [-0.3, -0.25) is 0 Å². The van der Waals surface area contributed by atoms with Crippen LogP contribution in [-0.2, 0) is 10.0 Å². The molecule has 2 unspecified atom stereocenters. The number of nitrogens with two attached hydrogens (primary N) is 1. The van der Waals surface area contributed by atoms with Crippen LogP contribution in [0.5, 0.6) is 0 Å². The molecule has 0 aromatic heterocycles. The summed E-state index contributed by atoms with van der Waals surface area (Å²) < 4.78 is 27.5. The zero-order chi connectivity index (χ0) is 14.6. The summed E-state index contributed by atoms with van der Waals surface area (Å²) >= 11 is 0. The van der Waals surface area contributed by atoms with Crippen molar-refractivity contribution in [1.29, 1.82) is 5.26 Å². The standard InChI is InChI=1S/C14H19N3O2S/c15-10-11-6-4-5-9-14(11)20(18,19)17-13-8-3-1-2-7-12(13)16/h4-6,9,12-13,17H,1-3,7-8,16H2. The molecule has 6 heteroatoms. The highest BCUT2D eigenvalue weighted by Gasteiger charge is 2.27. The fraction of sp³-hybridized carbons (Fsp3) is 0.500. The molecule has 0 heterocycles. The van der Waals surface area contributed by atoms with Crippen molar-refractivity contribution in [2.75, 3.05) is 0 Å². The van der Waals surface area contributed by atoms with E-state index in [1.165, 1.54) is 12.1 Å². The van der Waals surface area contributed by atoms with E-state index in [0.29, 0.717) is 0 Å². The van der Waals surface area contributed by atoms with Gasteiger partial charge < -0.3 is 5.73 Å². The molecule has 0 bridgehead atoms. The molecule has 1 aromatic rings. The summed E-state index contributed by atoms with van der Waals surface area (Å²) in [5.41, 5.74) is 6.20. The van der Waals surface area contributed by atoms with Crippen LogP contribution in [0.4, 0.5) is 0 Å². The van der Waals surface area contributed by atoms with Gasteiger partial charge in [0.1, 0.15) is 6.07 Å². The quantitative estimate of drug-likeness (QED) is 0.825. The van der Waals surface area contributed by atoms with Gasteiger partial charge in [0.15, 0.2) is 0 Å². The Bertz CT molecular complexity index is 607. The average molecular weight is 293 g/mol. The van der Waals surface area contributed by atoms with Crippen LogP contribution >= 0.6 is 0 Å². The molecule has 1 aromatic carbocycles. The zero-order valence-electron chi connectivity index (χ0n) is 11.2. The molecular weight excluding hydrogens is 274 g/mol. The Morgan fingerprint density at radius 3 is 2.65 bits per heavy atom. The molecule has 1 saturated carbocycles. The second-order valence-corrected chi connectivity index (χ2v) is 6.82. The molecule has 0 aliphatic heterocycles. The highest BCUT2D eigenvalue weighted by atomic mass is 32.2. The van der Waals surface area contributed by atoms with Gasteiger partial charge >= 0.3 is 0 Å². The minimum Gasteiger partial charge on any atom is -0.326 e. The highest BCUT2D eigenvalue weighted by Crippen LogP contribution is 2.20. The first kappa shape index (κ1) is 15.0. The summed E-state index contributed by atoms with van der Waals surface area (Å²) in [6.07, 6.45) is 4.66. The van der Waals surface area contributed by atoms with E-state index in [9.17, 15) is 8.42 Å². The van der Waals surface area contributed by atoms with Crippen LogP contribution in [0.2, 0.25) is 0 Å². The Kier molecular flexibility index (Phi) is 4.76. The van der Waals surface area contributed by atoms with E-state index in [1.54, 1.807) is 12.1 Å². The first-order valence-electron chi connectivity index (χ1n) is 6.81. The van der Waals surface area contributed by atoms with E-state index >= 15 is 0 Å². The molecule has 0 spiro atoms. The van der Waals surface area contributed by atoms with Crippen molar-refractivity contribution >= 4 is 10.0 Å². The summed E-state index contributed by atoms with van der Waals surface area (Å²) in [6.45, 7) is 0. The lowest BCUT2D eigenvalue weighted by atomic mass is 10.1. The maximum Gasteiger partial charge on any atom is 0.242 e. The second kappa shape index (κ2) is 6.35. The van der Waals surface area contributed by atoms with Crippen LogP contribution in [0, 0.1) is 11.3 Å². The molecule has 20 heavy (non-hydrogen) atoms. The van der Waals surface area contributed by atoms with Crippen LogP contribution in [0.15, 0.2) is 29.2 Å². The smallest absolute Gasteiger partial charge is 0.242 e. The summed E-state index contributed by atoms with van der Waals surface area (Å²) in [4.78, 5) is 0.0268. The SMILES string of the molecule is N#Cc1ccccc1S(=O)(=O)NC1CCCCCC1N. The van der Waals surface area contributed by atoms with Crippen LogP contribution in [0.3, 0.4) is 0 Å². The fourth-order valence-electron chi connectivity index (χ4n) is 2.54. The maximum absolute atomic E-state index is 12.4. The Hall–Kier alpha value is -1.42. The largest absolute Gasteiger partial charge is 0.326 e. The van der Waals surface area contributed by atoms with Crippen LogP contribution < -0.4 is 10.5 Å². The monoisotopic (exact) mass is 293 g/mol. The predicted octanol–water partition coefficient (Wildman–Crippen LogP) is 1.50. The lowest BCUT2D eigenvalue weighted by molar-refractivity contribution is 0.456. The van der Waals surface area contributed by atoms with Gasteiger partial charge in [0.05, 0.1) is 10.5 Å². The zero-order valence-corrected chi connectivity index (χ0v) is 12.1. The van der Waals surface area contributed by atoms with Crippen molar-refractivity contribution in [3.63, 3.8) is 0 Å². The van der Waals surface area contributed by atoms with Crippen LogP contribution in [0.25, 0.3) is 0 Å². The summed E-state index contributed by atoms with van der Waals surface area (Å²) in [6, 6.07) is 7.70. The first-order chi connectivity index (χ1) is 9.54. The van der Waals surface area contributed by atoms with E-state index in [4.69, 9.17) is 11.0 Å². The van der Waals surface area contributed by atoms with E-state index in [-0.39, 0.29) is 22.5 Å². The predicted molar refractivity (Wildman–Crippen MR) is 76.3 cm³/mol. The minimum absolute atomic E-state index is 0.0268. The van der Waals surface area contributed by atoms with Gasteiger partial charge in [-0.1, -0.05) is 31.4 Å². The van der Waals surface area contributed by atoms with Gasteiger partial charge in [0.25, 0.3) is 0 Å². The minimum atomic E-state index is -3.70. The molecule has 2 rings (SSSR count). The second-order valence-electron chi connectivity index (χ2n) is 5.14. The number of benzene rings is 1. The summed E-state index contributed by atoms with van der Waals surface area (Å²) in [7, 11) is -3.70. The van der Waals surface area contributed by atoms with Gasteiger partial charge in [0, 0.05) is 12.1 Å². The lowest BCUT2D eigenvalue weighted by Crippen LogP contribution is -2.46. The summed E-state index contributed by atoms with van der Waals surface area (Å²) in [5.74, 6) is 0. The number of nitrogens with zero attached hydrogens (tertiary/aromatic N) is 1. The molecule has 1 aliphatic carbocycles. The van der Waals surface area contributed by atoms with E-state index in [1.807, 2.05) is 6.07 Å². The highest BCUT2D eigenvalue weighted by molar-refractivity contribution is 7.89. The van der Waals surface area contributed by atoms with Crippen molar-refractivity contribution < 1.29 is 8.42 Å². The van der Waals surface area contributed by atoms with E-state index in [0.717, 1.165) is 32.1 Å². The van der Waals surface area contributed by atoms with Crippen LogP contribution in [0.1, 0.15) is 37.7 Å². The van der Waals surface area contributed by atoms with Gasteiger partial charge in [0.2, 0.25) is 10.0 Å². The van der Waals surface area contributed by atoms with Gasteiger partial charge in [-0.25, -0.2) is 13.1 Å². The first-order valence-corrected chi connectivity index (χ1v) is 8.30.